The van der Waals surface area contributed by atoms with Gasteiger partial charge in [0.15, 0.2) is 20.0 Å². The predicted molar refractivity (Wildman–Crippen MR) is 61.0 cm³/mol. The molecule has 8 nitrogen and oxygen atoms in total. The van der Waals surface area contributed by atoms with Crippen LogP contribution in [0.4, 0.5) is 26.3 Å². The number of hydrogen-bond acceptors (Lipinski definition) is 6. The van der Waals surface area contributed by atoms with Crippen molar-refractivity contribution in [3.05, 3.63) is 4.13 Å². The van der Waals surface area contributed by atoms with Gasteiger partial charge in [-0.15, -0.1) is 0 Å². The van der Waals surface area contributed by atoms with Gasteiger partial charge in [0.25, 0.3) is 0 Å². The number of aliphatic hydroxyl groups excluding tert-OH is 1. The summed E-state index contributed by atoms with van der Waals surface area (Å²) in [5.74, 6) is 0. The summed E-state index contributed by atoms with van der Waals surface area (Å²) in [6.45, 7) is 2.70. The lowest BCUT2D eigenvalue weighted by Gasteiger charge is -2.22. The van der Waals surface area contributed by atoms with E-state index >= 15 is 0 Å². The highest BCUT2D eigenvalue weighted by molar-refractivity contribution is 8.13. The van der Waals surface area contributed by atoms with Gasteiger partial charge in [0.1, 0.15) is 0 Å². The van der Waals surface area contributed by atoms with E-state index in [0.717, 1.165) is 17.2 Å². The van der Waals surface area contributed by atoms with Crippen LogP contribution in [0.3, 0.4) is 0 Å². The molecule has 0 fully saturated rings. The quantitative estimate of drug-likeness (QED) is 0.390. The van der Waals surface area contributed by atoms with Crippen LogP contribution in [-0.4, -0.2) is 59.2 Å². The van der Waals surface area contributed by atoms with Gasteiger partial charge in [-0.05, 0) is 0 Å². The Kier molecular flexibility index (Phi) is 9.46. The zero-order valence-electron chi connectivity index (χ0n) is 10.6. The Hall–Kier alpha value is -0.680. The molecule has 0 aromatic rings. The highest BCUT2D eigenvalue weighted by atomic mass is 32.3. The molecule has 0 unspecified atom stereocenters. The number of sulfonamides is 2. The highest BCUT2D eigenvalue weighted by Crippen LogP contribution is 2.36. The van der Waals surface area contributed by atoms with Crippen LogP contribution in [0.5, 0.6) is 0 Å². The second-order valence-electron chi connectivity index (χ2n) is 3.24. The smallest absolute Gasteiger partial charge is 0.421 e. The summed E-state index contributed by atoms with van der Waals surface area (Å²) < 4.78 is 109. The van der Waals surface area contributed by atoms with Gasteiger partial charge in [-0.3, -0.25) is 0 Å². The van der Waals surface area contributed by atoms with Gasteiger partial charge in [-0.25, -0.2) is 16.8 Å². The standard InChI is InChI=1S/C4H12N2O.C2F6NO4S2/c5-1-2-6-3-4-7;3-1(4,5)14(10,11)9-15(12,13)2(6,7)8/h6-7H,1-5H2;/q;-1/p+1. The van der Waals surface area contributed by atoms with Crippen LogP contribution in [0.25, 0.3) is 4.13 Å². The van der Waals surface area contributed by atoms with Crippen LogP contribution >= 0.6 is 0 Å². The summed E-state index contributed by atoms with van der Waals surface area (Å²) in [5, 5.41) is 11.2. The van der Waals surface area contributed by atoms with Crippen molar-refractivity contribution >= 4 is 20.0 Å². The van der Waals surface area contributed by atoms with Crippen LogP contribution in [0.1, 0.15) is 0 Å². The lowest BCUT2D eigenvalue weighted by molar-refractivity contribution is -0.365. The van der Waals surface area contributed by atoms with Crippen molar-refractivity contribution in [1.82, 2.24) is 5.32 Å². The van der Waals surface area contributed by atoms with E-state index in [2.05, 4.69) is 11.1 Å². The Labute approximate surface area is 121 Å². The summed E-state index contributed by atoms with van der Waals surface area (Å²) in [6, 6.07) is 0. The molecule has 0 atom stereocenters. The maximum absolute atomic E-state index is 11.4. The number of rotatable bonds is 6. The molecule has 0 spiro atoms. The van der Waals surface area contributed by atoms with Crippen LogP contribution in [0.15, 0.2) is 0 Å². The minimum Gasteiger partial charge on any atom is -0.421 e. The van der Waals surface area contributed by atoms with Crippen molar-refractivity contribution in [3.63, 3.8) is 0 Å². The van der Waals surface area contributed by atoms with E-state index in [1.165, 1.54) is 0 Å². The van der Waals surface area contributed by atoms with Crippen LogP contribution in [0, 0.1) is 0 Å². The second kappa shape index (κ2) is 8.82. The fourth-order valence-corrected chi connectivity index (χ4v) is 2.25. The Balaban J connectivity index is 0. The molecule has 0 aliphatic carbocycles. The SMILES string of the molecule is O=S(=O)([N-]S(=O)(=O)C(F)(F)F)C(F)(F)F.[NH3+]CCNCCO. The summed E-state index contributed by atoms with van der Waals surface area (Å²) in [6.07, 6.45) is 0. The molecule has 0 saturated carbocycles. The predicted octanol–water partition coefficient (Wildman–Crippen LogP) is -1.13. The van der Waals surface area contributed by atoms with E-state index < -0.39 is 31.1 Å². The average molecular weight is 385 g/mol. The first-order valence-electron chi connectivity index (χ1n) is 5.10. The lowest BCUT2D eigenvalue weighted by atomic mass is 10.6. The van der Waals surface area contributed by atoms with Crippen molar-refractivity contribution in [2.24, 2.45) is 0 Å². The molecule has 0 aromatic carbocycles. The van der Waals surface area contributed by atoms with E-state index in [4.69, 9.17) is 5.11 Å². The number of alkyl halides is 6. The normalized spacial score (nSPS) is 13.5. The van der Waals surface area contributed by atoms with Gasteiger partial charge in [-0.2, -0.15) is 26.3 Å². The zero-order valence-corrected chi connectivity index (χ0v) is 12.3. The van der Waals surface area contributed by atoms with Crippen molar-refractivity contribution < 1.29 is 54.0 Å². The molecule has 0 saturated heterocycles. The van der Waals surface area contributed by atoms with Crippen molar-refractivity contribution in [3.8, 4) is 0 Å². The zero-order chi connectivity index (χ0) is 18.2. The summed E-state index contributed by atoms with van der Waals surface area (Å²) in [5.41, 5.74) is -8.79. The minimum atomic E-state index is -6.72. The minimum absolute atomic E-state index is 0.222. The molecule has 0 amide bonds. The van der Waals surface area contributed by atoms with Gasteiger partial charge in [0.05, 0.1) is 13.2 Å². The average Bonchev–Trinajstić information content (AvgIpc) is 2.26. The number of nitrogens with zero attached hydrogens (tertiary/aromatic N) is 1. The number of halogens is 6. The first-order chi connectivity index (χ1) is 9.62. The molecule has 5 N–H and O–H groups in total. The monoisotopic (exact) mass is 385 g/mol. The molecule has 0 bridgehead atoms. The van der Waals surface area contributed by atoms with Crippen LogP contribution < -0.4 is 11.1 Å². The third-order valence-corrected chi connectivity index (χ3v) is 4.16. The fraction of sp³-hybridized carbons (Fsp3) is 1.00. The topological polar surface area (TPSA) is 142 Å². The molecule has 0 heterocycles. The number of quaternary nitrogens is 1. The third kappa shape index (κ3) is 8.69. The largest absolute Gasteiger partial charge is 0.480 e. The summed E-state index contributed by atoms with van der Waals surface area (Å²) >= 11 is 0. The van der Waals surface area contributed by atoms with Gasteiger partial charge in [0, 0.05) is 13.1 Å². The second-order valence-corrected chi connectivity index (χ2v) is 6.67. The Morgan fingerprint density at radius 3 is 1.50 bits per heavy atom. The molecule has 0 aromatic heterocycles. The molecular formula is C6H13F6N3O5S2. The maximum Gasteiger partial charge on any atom is 0.480 e. The molecule has 0 aliphatic rings. The van der Waals surface area contributed by atoms with Crippen molar-refractivity contribution in [2.45, 2.75) is 11.0 Å². The van der Waals surface area contributed by atoms with Gasteiger partial charge in [-0.1, -0.05) is 0 Å². The highest BCUT2D eigenvalue weighted by Gasteiger charge is 2.46. The molecule has 0 aliphatic heterocycles. The molecular weight excluding hydrogens is 372 g/mol. The number of aliphatic hydroxyl groups is 1. The first-order valence-corrected chi connectivity index (χ1v) is 7.98. The molecule has 0 rings (SSSR count). The summed E-state index contributed by atoms with van der Waals surface area (Å²) in [4.78, 5) is 0. The van der Waals surface area contributed by atoms with Gasteiger partial charge in [0.2, 0.25) is 0 Å². The van der Waals surface area contributed by atoms with Crippen LogP contribution in [0.2, 0.25) is 0 Å². The van der Waals surface area contributed by atoms with Crippen LogP contribution in [-0.2, 0) is 20.0 Å². The van der Waals surface area contributed by atoms with E-state index in [9.17, 15) is 43.2 Å². The maximum atomic E-state index is 11.4. The van der Waals surface area contributed by atoms with E-state index in [0.29, 0.717) is 6.54 Å². The molecule has 16 heteroatoms. The lowest BCUT2D eigenvalue weighted by Crippen LogP contribution is -2.54. The van der Waals surface area contributed by atoms with Gasteiger partial charge >= 0.3 is 11.0 Å². The Morgan fingerprint density at radius 1 is 0.909 bits per heavy atom. The Morgan fingerprint density at radius 2 is 1.27 bits per heavy atom. The Bertz CT molecular complexity index is 468. The molecule has 136 valence electrons. The van der Waals surface area contributed by atoms with Crippen molar-refractivity contribution in [1.29, 1.82) is 0 Å². The van der Waals surface area contributed by atoms with Gasteiger partial charge < -0.3 is 20.3 Å². The third-order valence-electron chi connectivity index (χ3n) is 1.42. The first kappa shape index (κ1) is 23.6. The van der Waals surface area contributed by atoms with E-state index in [-0.39, 0.29) is 6.61 Å². The molecule has 0 radical (unpaired) electrons. The van der Waals surface area contributed by atoms with E-state index in [1.54, 1.807) is 0 Å². The van der Waals surface area contributed by atoms with Crippen molar-refractivity contribution in [2.75, 3.05) is 26.2 Å². The number of hydrogen-bond donors (Lipinski definition) is 3. The molecule has 22 heavy (non-hydrogen) atoms. The van der Waals surface area contributed by atoms with E-state index in [1.807, 2.05) is 0 Å². The fourth-order valence-electron chi connectivity index (χ4n) is 0.543. The number of nitrogens with one attached hydrogen (secondary N) is 1. The summed E-state index contributed by atoms with van der Waals surface area (Å²) in [7, 11) is -13.4.